The van der Waals surface area contributed by atoms with E-state index >= 15 is 0 Å². The fraction of sp³-hybridized carbons (Fsp3) is 0.250. The number of allylic oxidation sites excluding steroid dienone is 1. The molecular formula is C12H14ClN5. The maximum absolute atomic E-state index is 5.56. The molecule has 2 heterocycles. The second-order valence-corrected chi connectivity index (χ2v) is 4.24. The zero-order valence-corrected chi connectivity index (χ0v) is 11.0. The van der Waals surface area contributed by atoms with E-state index in [0.29, 0.717) is 6.54 Å². The van der Waals surface area contributed by atoms with Crippen LogP contribution in [0.1, 0.15) is 13.8 Å². The largest absolute Gasteiger partial charge is 0.365 e. The van der Waals surface area contributed by atoms with Gasteiger partial charge in [-0.15, -0.1) is 0 Å². The molecule has 18 heavy (non-hydrogen) atoms. The van der Waals surface area contributed by atoms with E-state index in [4.69, 9.17) is 11.6 Å². The molecule has 0 atom stereocenters. The smallest absolute Gasteiger partial charge is 0.169 e. The molecule has 0 aromatic carbocycles. The molecule has 2 aromatic rings. The van der Waals surface area contributed by atoms with Crippen molar-refractivity contribution >= 4 is 34.8 Å². The monoisotopic (exact) mass is 263 g/mol. The predicted molar refractivity (Wildman–Crippen MR) is 74.4 cm³/mol. The number of halogens is 1. The van der Waals surface area contributed by atoms with Crippen molar-refractivity contribution in [2.24, 2.45) is 0 Å². The van der Waals surface area contributed by atoms with Crippen LogP contribution in [-0.4, -0.2) is 26.1 Å². The highest BCUT2D eigenvalue weighted by atomic mass is 35.5. The van der Waals surface area contributed by atoms with Crippen LogP contribution in [0.3, 0.4) is 0 Å². The van der Waals surface area contributed by atoms with Gasteiger partial charge in [-0.05, 0) is 13.8 Å². The topological polar surface area (TPSA) is 55.6 Å². The van der Waals surface area contributed by atoms with Crippen LogP contribution in [0.4, 0.5) is 5.82 Å². The fourth-order valence-electron chi connectivity index (χ4n) is 1.50. The summed E-state index contributed by atoms with van der Waals surface area (Å²) in [6.07, 6.45) is 6.94. The second kappa shape index (κ2) is 5.64. The molecule has 2 aromatic heterocycles. The maximum Gasteiger partial charge on any atom is 0.169 e. The summed E-state index contributed by atoms with van der Waals surface area (Å²) in [4.78, 5) is 12.7. The van der Waals surface area contributed by atoms with Crippen molar-refractivity contribution in [3.05, 3.63) is 29.8 Å². The highest BCUT2D eigenvalue weighted by molar-refractivity contribution is 6.26. The van der Waals surface area contributed by atoms with Crippen molar-refractivity contribution in [3.8, 4) is 0 Å². The standard InChI is InChI=1S/C12H14ClN5/c1-9(2)3-5-14-11-10-12(16-7-15-11)18(6-4-13)8-17-10/h3-4,6-8H,5H2,1-2H3,(H,14,15,16)/b6-4+. The van der Waals surface area contributed by atoms with E-state index in [1.807, 2.05) is 0 Å². The quantitative estimate of drug-likeness (QED) is 0.862. The summed E-state index contributed by atoms with van der Waals surface area (Å²) in [5.41, 5.74) is 4.12. The lowest BCUT2D eigenvalue weighted by atomic mass is 10.3. The van der Waals surface area contributed by atoms with Gasteiger partial charge in [0.2, 0.25) is 0 Å². The van der Waals surface area contributed by atoms with Crippen LogP contribution in [0.15, 0.2) is 29.8 Å². The van der Waals surface area contributed by atoms with Crippen molar-refractivity contribution in [3.63, 3.8) is 0 Å². The second-order valence-electron chi connectivity index (χ2n) is 3.98. The maximum atomic E-state index is 5.56. The van der Waals surface area contributed by atoms with Crippen LogP contribution >= 0.6 is 11.6 Å². The normalized spacial score (nSPS) is 11.1. The molecule has 94 valence electrons. The summed E-state index contributed by atoms with van der Waals surface area (Å²) in [5, 5.41) is 3.21. The minimum atomic E-state index is 0.715. The van der Waals surface area contributed by atoms with Crippen LogP contribution < -0.4 is 5.32 Å². The molecular weight excluding hydrogens is 250 g/mol. The van der Waals surface area contributed by atoms with Crippen molar-refractivity contribution in [2.75, 3.05) is 11.9 Å². The molecule has 0 bridgehead atoms. The third kappa shape index (κ3) is 2.68. The lowest BCUT2D eigenvalue weighted by Gasteiger charge is -2.03. The van der Waals surface area contributed by atoms with E-state index in [2.05, 4.69) is 40.2 Å². The number of anilines is 1. The van der Waals surface area contributed by atoms with E-state index in [1.54, 1.807) is 17.1 Å². The Morgan fingerprint density at radius 2 is 2.22 bits per heavy atom. The number of hydrogen-bond acceptors (Lipinski definition) is 4. The molecule has 0 fully saturated rings. The van der Waals surface area contributed by atoms with Crippen LogP contribution in [0, 0.1) is 0 Å². The Kier molecular flexibility index (Phi) is 3.94. The lowest BCUT2D eigenvalue weighted by Crippen LogP contribution is -2.02. The molecule has 0 saturated heterocycles. The molecule has 0 radical (unpaired) electrons. The first kappa shape index (κ1) is 12.6. The number of fused-ring (bicyclic) bond motifs is 1. The van der Waals surface area contributed by atoms with Crippen molar-refractivity contribution in [2.45, 2.75) is 13.8 Å². The average molecular weight is 264 g/mol. The van der Waals surface area contributed by atoms with Gasteiger partial charge in [-0.2, -0.15) is 0 Å². The molecule has 6 heteroatoms. The highest BCUT2D eigenvalue weighted by Gasteiger charge is 2.07. The number of aromatic nitrogens is 4. The summed E-state index contributed by atoms with van der Waals surface area (Å²) < 4.78 is 1.75. The Labute approximate surface area is 110 Å². The molecule has 5 nitrogen and oxygen atoms in total. The first-order chi connectivity index (χ1) is 8.72. The zero-order valence-electron chi connectivity index (χ0n) is 10.3. The van der Waals surface area contributed by atoms with E-state index in [0.717, 1.165) is 17.0 Å². The summed E-state index contributed by atoms with van der Waals surface area (Å²) >= 11 is 5.56. The number of rotatable bonds is 4. The Bertz CT molecular complexity index is 596. The van der Waals surface area contributed by atoms with Gasteiger partial charge in [0.05, 0.1) is 0 Å². The number of hydrogen-bond donors (Lipinski definition) is 1. The van der Waals surface area contributed by atoms with Gasteiger partial charge in [0.25, 0.3) is 0 Å². The van der Waals surface area contributed by atoms with Crippen molar-refractivity contribution < 1.29 is 0 Å². The molecule has 0 amide bonds. The Balaban J connectivity index is 2.31. The van der Waals surface area contributed by atoms with Crippen LogP contribution in [0.2, 0.25) is 0 Å². The van der Waals surface area contributed by atoms with Crippen molar-refractivity contribution in [1.82, 2.24) is 19.5 Å². The summed E-state index contributed by atoms with van der Waals surface area (Å²) in [5.74, 6) is 0.722. The van der Waals surface area contributed by atoms with E-state index in [1.165, 1.54) is 17.4 Å². The zero-order chi connectivity index (χ0) is 13.0. The van der Waals surface area contributed by atoms with Gasteiger partial charge in [0, 0.05) is 18.3 Å². The van der Waals surface area contributed by atoms with Gasteiger partial charge in [0.1, 0.15) is 12.7 Å². The molecule has 2 rings (SSSR count). The molecule has 0 aliphatic carbocycles. The SMILES string of the molecule is CC(C)=CCNc1ncnc2c1ncn2/C=C/Cl. The summed E-state index contributed by atoms with van der Waals surface area (Å²) in [6, 6.07) is 0. The minimum Gasteiger partial charge on any atom is -0.365 e. The third-order valence-corrected chi connectivity index (χ3v) is 2.47. The molecule has 1 N–H and O–H groups in total. The van der Waals surface area contributed by atoms with Gasteiger partial charge in [-0.1, -0.05) is 23.3 Å². The first-order valence-electron chi connectivity index (χ1n) is 5.54. The summed E-state index contributed by atoms with van der Waals surface area (Å²) in [6.45, 7) is 4.82. The van der Waals surface area contributed by atoms with Crippen LogP contribution in [-0.2, 0) is 0 Å². The summed E-state index contributed by atoms with van der Waals surface area (Å²) in [7, 11) is 0. The predicted octanol–water partition coefficient (Wildman–Crippen LogP) is 2.87. The van der Waals surface area contributed by atoms with E-state index in [-0.39, 0.29) is 0 Å². The fourth-order valence-corrected chi connectivity index (χ4v) is 1.62. The molecule has 0 saturated carbocycles. The van der Waals surface area contributed by atoms with E-state index in [9.17, 15) is 0 Å². The van der Waals surface area contributed by atoms with Crippen molar-refractivity contribution in [1.29, 1.82) is 0 Å². The number of imidazole rings is 1. The third-order valence-electron chi connectivity index (χ3n) is 2.36. The Morgan fingerprint density at radius 1 is 1.39 bits per heavy atom. The van der Waals surface area contributed by atoms with Gasteiger partial charge in [-0.3, -0.25) is 4.57 Å². The number of nitrogens with zero attached hydrogens (tertiary/aromatic N) is 4. The Hall–Kier alpha value is -1.88. The molecule has 0 unspecified atom stereocenters. The van der Waals surface area contributed by atoms with E-state index < -0.39 is 0 Å². The van der Waals surface area contributed by atoms with Gasteiger partial charge in [-0.25, -0.2) is 15.0 Å². The minimum absolute atomic E-state index is 0.715. The average Bonchev–Trinajstić information content (AvgIpc) is 2.74. The first-order valence-corrected chi connectivity index (χ1v) is 5.97. The van der Waals surface area contributed by atoms with Gasteiger partial charge >= 0.3 is 0 Å². The van der Waals surface area contributed by atoms with Crippen LogP contribution in [0.5, 0.6) is 0 Å². The molecule has 0 aliphatic rings. The molecule has 0 aliphatic heterocycles. The van der Waals surface area contributed by atoms with Crippen LogP contribution in [0.25, 0.3) is 17.4 Å². The highest BCUT2D eigenvalue weighted by Crippen LogP contribution is 2.17. The number of nitrogens with one attached hydrogen (secondary N) is 1. The lowest BCUT2D eigenvalue weighted by molar-refractivity contribution is 1.12. The Morgan fingerprint density at radius 3 is 2.94 bits per heavy atom. The van der Waals surface area contributed by atoms with Gasteiger partial charge < -0.3 is 5.32 Å². The van der Waals surface area contributed by atoms with Gasteiger partial charge in [0.15, 0.2) is 17.0 Å². The molecule has 0 spiro atoms.